The Kier molecular flexibility index (Phi) is 11.7. The van der Waals surface area contributed by atoms with E-state index in [1.807, 2.05) is 12.1 Å². The summed E-state index contributed by atoms with van der Waals surface area (Å²) in [6.45, 7) is 9.46. The maximum absolute atomic E-state index is 14.7. The number of benzene rings is 3. The second-order valence-corrected chi connectivity index (χ2v) is 22.0. The van der Waals surface area contributed by atoms with Gasteiger partial charge in [-0.25, -0.2) is 22.5 Å². The predicted octanol–water partition coefficient (Wildman–Crippen LogP) is 8.10. The number of H-pyrrole nitrogens is 1. The Balaban J connectivity index is 0.867. The number of rotatable bonds is 11. The quantitative estimate of drug-likeness (QED) is 0.0627. The van der Waals surface area contributed by atoms with Crippen LogP contribution in [0.15, 0.2) is 78.0 Å². The average molecular weight is 952 g/mol. The van der Waals surface area contributed by atoms with Crippen LogP contribution < -0.4 is 24.4 Å². The van der Waals surface area contributed by atoms with Gasteiger partial charge in [0.1, 0.15) is 35.2 Å². The number of aromatic amines is 1. The molecule has 2 saturated carbocycles. The minimum Gasteiger partial charge on any atom is -0.489 e. The molecule has 0 bridgehead atoms. The molecule has 2 aromatic heterocycles. The molecule has 2 aliphatic carbocycles. The van der Waals surface area contributed by atoms with E-state index in [-0.39, 0.29) is 63.9 Å². The number of fused-ring (bicyclic) bond motifs is 2. The second-order valence-electron chi connectivity index (χ2n) is 20.4. The molecule has 4 fully saturated rings. The van der Waals surface area contributed by atoms with E-state index in [1.165, 1.54) is 30.1 Å². The third kappa shape index (κ3) is 8.53. The molecule has 18 heteroatoms. The number of pyridine rings is 1. The van der Waals surface area contributed by atoms with Crippen molar-refractivity contribution < 1.29 is 42.2 Å². The first-order chi connectivity index (χ1) is 32.4. The summed E-state index contributed by atoms with van der Waals surface area (Å²) in [6, 6.07) is 16.4. The van der Waals surface area contributed by atoms with Crippen molar-refractivity contribution in [1.29, 1.82) is 0 Å². The molecule has 360 valence electrons. The molecule has 0 radical (unpaired) electrons. The van der Waals surface area contributed by atoms with Gasteiger partial charge in [0.15, 0.2) is 11.4 Å². The third-order valence-electron chi connectivity index (χ3n) is 15.4. The minimum absolute atomic E-state index is 0.0104. The molecule has 10 rings (SSSR count). The molecule has 16 nitrogen and oxygen atoms in total. The average Bonchev–Trinajstić information content (AvgIpc) is 3.88. The van der Waals surface area contributed by atoms with Gasteiger partial charge in [-0.1, -0.05) is 38.1 Å². The molecule has 1 spiro atoms. The van der Waals surface area contributed by atoms with Crippen LogP contribution in [0.3, 0.4) is 0 Å². The van der Waals surface area contributed by atoms with Crippen LogP contribution >= 0.6 is 0 Å². The van der Waals surface area contributed by atoms with E-state index in [0.29, 0.717) is 50.3 Å². The highest BCUT2D eigenvalue weighted by Crippen LogP contribution is 2.51. The van der Waals surface area contributed by atoms with E-state index in [1.54, 1.807) is 19.1 Å². The molecule has 2 saturated heterocycles. The summed E-state index contributed by atoms with van der Waals surface area (Å²) < 4.78 is 56.9. The number of nitro groups is 1. The molecule has 5 aromatic rings. The molecule has 3 aromatic carbocycles. The first kappa shape index (κ1) is 45.9. The number of hydrogen-bond donors (Lipinski definition) is 5. The zero-order valence-corrected chi connectivity index (χ0v) is 39.3. The molecular weight excluding hydrogens is 894 g/mol. The molecule has 3 atom stereocenters. The van der Waals surface area contributed by atoms with Gasteiger partial charge in [-0.3, -0.25) is 19.8 Å². The van der Waals surface area contributed by atoms with Gasteiger partial charge in [-0.2, -0.15) is 0 Å². The van der Waals surface area contributed by atoms with E-state index in [0.717, 1.165) is 68.6 Å². The molecule has 1 amide bonds. The van der Waals surface area contributed by atoms with Crippen molar-refractivity contribution in [3.05, 3.63) is 106 Å². The number of carbonyl (C=O) groups is 1. The van der Waals surface area contributed by atoms with Crippen LogP contribution in [0.5, 0.6) is 17.2 Å². The highest BCUT2D eigenvalue weighted by atomic mass is 32.2. The number of nitrogens with zero attached hydrogens (tertiary/aromatic N) is 4. The molecule has 5 N–H and O–H groups in total. The van der Waals surface area contributed by atoms with E-state index < -0.39 is 48.5 Å². The van der Waals surface area contributed by atoms with Crippen molar-refractivity contribution >= 4 is 44.0 Å². The second kappa shape index (κ2) is 17.3. The summed E-state index contributed by atoms with van der Waals surface area (Å²) in [5, 5.41) is 38.5. The minimum atomic E-state index is -4.73. The Bertz CT molecular complexity index is 2880. The van der Waals surface area contributed by atoms with Gasteiger partial charge in [0.25, 0.3) is 21.6 Å². The van der Waals surface area contributed by atoms with E-state index in [2.05, 4.69) is 55.8 Å². The number of aliphatic hydroxyl groups is 2. The highest BCUT2D eigenvalue weighted by molar-refractivity contribution is 7.90. The smallest absolute Gasteiger partial charge is 0.297 e. The number of anilines is 2. The lowest BCUT2D eigenvalue weighted by molar-refractivity contribution is -0.384. The fourth-order valence-corrected chi connectivity index (χ4v) is 12.6. The molecule has 5 heterocycles. The van der Waals surface area contributed by atoms with Crippen LogP contribution in [0.4, 0.5) is 21.5 Å². The number of hydrogen-bond acceptors (Lipinski definition) is 13. The standard InChI is InChI=1S/C50H58FN7O9S/c1-30(2)35-7-4-5-8-38(35)50(61)14-6-9-44(50)57-28-49(29-57)17-19-56(20-18-49)32-10-11-36(42(21-32)67-33-22-37-39(51)26-53-46(37)52-25-33)47(59)55-68(64,65)34-23-41(58(62)63)45-43(24-34)66-27-40(54-45)31-12-15-48(3,60)16-13-31/h4-5,7-8,10-11,21-26,30-31,40,44,54,60-61H,6,9,12-20,27-29H2,1-3H3,(H,52,53)(H,55,59)/t31?,40-,44?,48?,50?/m1/s1. The Morgan fingerprint density at radius 3 is 2.51 bits per heavy atom. The Hall–Kier alpha value is -5.82. The molecule has 5 aliphatic rings. The number of carbonyl (C=O) groups excluding carboxylic acids is 1. The summed E-state index contributed by atoms with van der Waals surface area (Å²) in [5.41, 5.74) is 1.07. The molecule has 2 unspecified atom stereocenters. The number of piperidine rings is 1. The van der Waals surface area contributed by atoms with E-state index in [4.69, 9.17) is 9.47 Å². The van der Waals surface area contributed by atoms with Gasteiger partial charge in [0.05, 0.1) is 38.6 Å². The summed E-state index contributed by atoms with van der Waals surface area (Å²) in [4.78, 5) is 36.9. The van der Waals surface area contributed by atoms with Crippen molar-refractivity contribution in [2.45, 2.75) is 113 Å². The van der Waals surface area contributed by atoms with Crippen molar-refractivity contribution in [2.75, 3.05) is 43.0 Å². The first-order valence-electron chi connectivity index (χ1n) is 23.7. The summed E-state index contributed by atoms with van der Waals surface area (Å²) in [7, 11) is -4.73. The first-order valence-corrected chi connectivity index (χ1v) is 25.2. The lowest BCUT2D eigenvalue weighted by Crippen LogP contribution is -2.65. The predicted molar refractivity (Wildman–Crippen MR) is 253 cm³/mol. The third-order valence-corrected chi connectivity index (χ3v) is 16.8. The SMILES string of the molecule is CC(C)c1ccccc1C1(O)CCCC1N1CC2(CCN(c3ccc(C(=O)NS(=O)(=O)c4cc5c(c([N+](=O)[O-])c4)N[C@@H](C4CCC(C)(O)CC4)CO5)c(Oc4cnc5[nH]cc(F)c5c4)c3)CC2)C1. The summed E-state index contributed by atoms with van der Waals surface area (Å²) in [6.07, 6.45) is 9.53. The number of nitrogens with one attached hydrogen (secondary N) is 3. The fraction of sp³-hybridized carbons (Fsp3) is 0.480. The van der Waals surface area contributed by atoms with Crippen molar-refractivity contribution in [3.63, 3.8) is 0 Å². The topological polar surface area (TPSA) is 212 Å². The normalized spacial score (nSPS) is 25.9. The number of sulfonamides is 1. The summed E-state index contributed by atoms with van der Waals surface area (Å²) >= 11 is 0. The zero-order valence-electron chi connectivity index (χ0n) is 38.5. The Labute approximate surface area is 394 Å². The molecule has 68 heavy (non-hydrogen) atoms. The lowest BCUT2D eigenvalue weighted by atomic mass is 9.69. The van der Waals surface area contributed by atoms with Gasteiger partial charge in [-0.05, 0) is 111 Å². The van der Waals surface area contributed by atoms with E-state index >= 15 is 0 Å². The van der Waals surface area contributed by atoms with Crippen LogP contribution in [-0.4, -0.2) is 94.8 Å². The number of aromatic nitrogens is 2. The highest BCUT2D eigenvalue weighted by Gasteiger charge is 2.54. The number of halogens is 1. The molecule has 3 aliphatic heterocycles. The number of ether oxygens (including phenoxy) is 2. The van der Waals surface area contributed by atoms with Crippen LogP contribution in [0.1, 0.15) is 106 Å². The van der Waals surface area contributed by atoms with Gasteiger partial charge in [0.2, 0.25) is 0 Å². The van der Waals surface area contributed by atoms with Crippen LogP contribution in [0.2, 0.25) is 0 Å². The zero-order chi connectivity index (χ0) is 47.8. The van der Waals surface area contributed by atoms with Crippen molar-refractivity contribution in [2.24, 2.45) is 11.3 Å². The Morgan fingerprint density at radius 2 is 1.78 bits per heavy atom. The van der Waals surface area contributed by atoms with Crippen LogP contribution in [-0.2, 0) is 15.6 Å². The summed E-state index contributed by atoms with van der Waals surface area (Å²) in [5.74, 6) is -1.17. The monoisotopic (exact) mass is 951 g/mol. The van der Waals surface area contributed by atoms with Gasteiger partial charge in [-0.15, -0.1) is 0 Å². The van der Waals surface area contributed by atoms with Crippen molar-refractivity contribution in [3.8, 4) is 17.2 Å². The number of likely N-dealkylation sites (tertiary alicyclic amines) is 1. The van der Waals surface area contributed by atoms with Crippen LogP contribution in [0, 0.1) is 27.3 Å². The van der Waals surface area contributed by atoms with Crippen LogP contribution in [0.25, 0.3) is 11.0 Å². The van der Waals surface area contributed by atoms with Crippen molar-refractivity contribution in [1.82, 2.24) is 19.6 Å². The van der Waals surface area contributed by atoms with Gasteiger partial charge in [0, 0.05) is 62.3 Å². The fourth-order valence-electron chi connectivity index (χ4n) is 11.6. The van der Waals surface area contributed by atoms with E-state index in [9.17, 15) is 37.9 Å². The van der Waals surface area contributed by atoms with Gasteiger partial charge >= 0.3 is 0 Å². The van der Waals surface area contributed by atoms with Gasteiger partial charge < -0.3 is 34.9 Å². The lowest BCUT2D eigenvalue weighted by Gasteiger charge is -2.58. The largest absolute Gasteiger partial charge is 0.489 e. The molecular formula is C50H58FN7O9S. The number of nitro benzene ring substituents is 1. The number of amides is 1. The maximum atomic E-state index is 14.7. The maximum Gasteiger partial charge on any atom is 0.297 e. The Morgan fingerprint density at radius 1 is 1.03 bits per heavy atom.